The number of nitrogens with zero attached hydrogens (tertiary/aromatic N) is 2. The van der Waals surface area contributed by atoms with Crippen molar-refractivity contribution in [3.63, 3.8) is 0 Å². The number of aryl methyl sites for hydroxylation is 1. The third-order valence-corrected chi connectivity index (χ3v) is 7.87. The summed E-state index contributed by atoms with van der Waals surface area (Å²) in [6, 6.07) is 21.0. The van der Waals surface area contributed by atoms with Gasteiger partial charge < -0.3 is 15.0 Å². The maximum absolute atomic E-state index is 13.5. The van der Waals surface area contributed by atoms with Crippen LogP contribution >= 0.6 is 11.6 Å². The molecule has 0 radical (unpaired) electrons. The number of benzene rings is 3. The maximum atomic E-state index is 13.5. The second-order valence-corrected chi connectivity index (χ2v) is 10.6. The molecular weight excluding hydrogens is 486 g/mol. The summed E-state index contributed by atoms with van der Waals surface area (Å²) >= 11 is 6.17. The summed E-state index contributed by atoms with van der Waals surface area (Å²) in [5.74, 6) is -0.416. The predicted molar refractivity (Wildman–Crippen MR) is 138 cm³/mol. The molecule has 0 spiro atoms. The Hall–Kier alpha value is -3.07. The van der Waals surface area contributed by atoms with E-state index < -0.39 is 15.9 Å². The largest absolute Gasteiger partial charge is 0.378 e. The van der Waals surface area contributed by atoms with Crippen molar-refractivity contribution >= 4 is 38.9 Å². The minimum absolute atomic E-state index is 0.103. The minimum atomic E-state index is -3.99. The first-order valence-electron chi connectivity index (χ1n) is 11.4. The zero-order valence-electron chi connectivity index (χ0n) is 19.5. The number of anilines is 2. The van der Waals surface area contributed by atoms with Crippen LogP contribution in [0.25, 0.3) is 0 Å². The number of carbonyl (C=O) groups is 1. The highest BCUT2D eigenvalue weighted by atomic mass is 35.5. The number of hydrogen-bond acceptors (Lipinski definition) is 5. The summed E-state index contributed by atoms with van der Waals surface area (Å²) in [4.78, 5) is 15.3. The van der Waals surface area contributed by atoms with E-state index in [2.05, 4.69) is 10.2 Å². The van der Waals surface area contributed by atoms with Crippen molar-refractivity contribution in [3.05, 3.63) is 88.9 Å². The number of morpholine rings is 1. The van der Waals surface area contributed by atoms with Crippen LogP contribution in [0.4, 0.5) is 11.4 Å². The van der Waals surface area contributed by atoms with E-state index in [0.717, 1.165) is 28.6 Å². The van der Waals surface area contributed by atoms with E-state index in [-0.39, 0.29) is 18.0 Å². The number of rotatable bonds is 8. The molecule has 0 unspecified atom stereocenters. The molecular formula is C26H28ClN3O4S. The van der Waals surface area contributed by atoms with E-state index in [1.54, 1.807) is 43.3 Å². The van der Waals surface area contributed by atoms with Gasteiger partial charge in [0.1, 0.15) is 6.54 Å². The van der Waals surface area contributed by atoms with Crippen LogP contribution in [-0.4, -0.2) is 47.2 Å². The second kappa shape index (κ2) is 11.1. The zero-order valence-corrected chi connectivity index (χ0v) is 21.1. The van der Waals surface area contributed by atoms with Crippen LogP contribution in [0, 0.1) is 6.92 Å². The molecule has 3 aromatic rings. The van der Waals surface area contributed by atoms with Crippen molar-refractivity contribution in [1.29, 1.82) is 0 Å². The van der Waals surface area contributed by atoms with Gasteiger partial charge in [-0.05, 0) is 54.4 Å². The van der Waals surface area contributed by atoms with Gasteiger partial charge in [-0.25, -0.2) is 8.42 Å². The number of halogens is 1. The van der Waals surface area contributed by atoms with Crippen LogP contribution in [0.15, 0.2) is 77.7 Å². The number of hydrogen-bond donors (Lipinski definition) is 1. The van der Waals surface area contributed by atoms with Gasteiger partial charge in [-0.1, -0.05) is 48.0 Å². The van der Waals surface area contributed by atoms with Gasteiger partial charge in [0.15, 0.2) is 0 Å². The molecule has 184 valence electrons. The third-order valence-electron chi connectivity index (χ3n) is 5.86. The lowest BCUT2D eigenvalue weighted by Gasteiger charge is -2.29. The zero-order chi connectivity index (χ0) is 24.8. The Bertz CT molecular complexity index is 1260. The van der Waals surface area contributed by atoms with Gasteiger partial charge in [0.05, 0.1) is 23.8 Å². The monoisotopic (exact) mass is 513 g/mol. The first kappa shape index (κ1) is 25.0. The first-order chi connectivity index (χ1) is 16.8. The summed E-state index contributed by atoms with van der Waals surface area (Å²) < 4.78 is 33.5. The molecule has 0 bridgehead atoms. The third kappa shape index (κ3) is 6.14. The molecule has 1 aliphatic heterocycles. The van der Waals surface area contributed by atoms with Crippen LogP contribution in [-0.2, 0) is 26.1 Å². The van der Waals surface area contributed by atoms with Crippen LogP contribution < -0.4 is 14.5 Å². The Morgan fingerprint density at radius 1 is 1.03 bits per heavy atom. The van der Waals surface area contributed by atoms with Crippen molar-refractivity contribution in [1.82, 2.24) is 5.32 Å². The topological polar surface area (TPSA) is 79.0 Å². The van der Waals surface area contributed by atoms with Crippen molar-refractivity contribution in [2.45, 2.75) is 18.4 Å². The van der Waals surface area contributed by atoms with E-state index >= 15 is 0 Å². The average Bonchev–Trinajstić information content (AvgIpc) is 2.89. The first-order valence-corrected chi connectivity index (χ1v) is 13.2. The highest BCUT2D eigenvalue weighted by Gasteiger charge is 2.28. The van der Waals surface area contributed by atoms with Gasteiger partial charge in [0.25, 0.3) is 10.0 Å². The highest BCUT2D eigenvalue weighted by Crippen LogP contribution is 2.29. The van der Waals surface area contributed by atoms with Crippen LogP contribution in [0.5, 0.6) is 0 Å². The van der Waals surface area contributed by atoms with Crippen LogP contribution in [0.2, 0.25) is 5.02 Å². The van der Waals surface area contributed by atoms with Gasteiger partial charge in [-0.15, -0.1) is 0 Å². The fourth-order valence-corrected chi connectivity index (χ4v) is 5.57. The van der Waals surface area contributed by atoms with Crippen LogP contribution in [0.3, 0.4) is 0 Å². The van der Waals surface area contributed by atoms with Crippen molar-refractivity contribution in [2.75, 3.05) is 42.1 Å². The van der Waals surface area contributed by atoms with Crippen molar-refractivity contribution < 1.29 is 17.9 Å². The molecule has 4 rings (SSSR count). The smallest absolute Gasteiger partial charge is 0.264 e. The number of amides is 1. The lowest BCUT2D eigenvalue weighted by Crippen LogP contribution is -2.41. The number of sulfonamides is 1. The Morgan fingerprint density at radius 2 is 1.71 bits per heavy atom. The summed E-state index contributed by atoms with van der Waals surface area (Å²) in [6.45, 7) is 4.83. The summed E-state index contributed by atoms with van der Waals surface area (Å²) in [5, 5.41) is 3.23. The molecule has 0 aliphatic carbocycles. The Balaban J connectivity index is 1.49. The molecule has 1 amide bonds. The predicted octanol–water partition coefficient (Wildman–Crippen LogP) is 4.00. The fraction of sp³-hybridized carbons (Fsp3) is 0.269. The number of ether oxygens (including phenoxy) is 1. The SMILES string of the molecule is Cc1ccc(Cl)cc1N(CC(=O)NCc1ccc(N2CCOCC2)cc1)S(=O)(=O)c1ccccc1. The Kier molecular flexibility index (Phi) is 7.95. The molecule has 1 heterocycles. The molecule has 7 nitrogen and oxygen atoms in total. The van der Waals surface area contributed by atoms with E-state index in [4.69, 9.17) is 16.3 Å². The van der Waals surface area contributed by atoms with E-state index in [1.807, 2.05) is 24.3 Å². The fourth-order valence-electron chi connectivity index (χ4n) is 3.90. The molecule has 1 N–H and O–H groups in total. The molecule has 3 aromatic carbocycles. The molecule has 1 aliphatic rings. The maximum Gasteiger partial charge on any atom is 0.264 e. The summed E-state index contributed by atoms with van der Waals surface area (Å²) in [6.07, 6.45) is 0. The highest BCUT2D eigenvalue weighted by molar-refractivity contribution is 7.92. The lowest BCUT2D eigenvalue weighted by molar-refractivity contribution is -0.119. The number of carbonyl (C=O) groups excluding carboxylic acids is 1. The molecule has 1 saturated heterocycles. The van der Waals surface area contributed by atoms with Gasteiger partial charge in [0, 0.05) is 30.3 Å². The van der Waals surface area contributed by atoms with E-state index in [9.17, 15) is 13.2 Å². The molecule has 0 atom stereocenters. The quantitative estimate of drug-likeness (QED) is 0.492. The Labute approximate surface area is 211 Å². The Morgan fingerprint density at radius 3 is 2.40 bits per heavy atom. The molecule has 0 aromatic heterocycles. The average molecular weight is 514 g/mol. The van der Waals surface area contributed by atoms with Crippen molar-refractivity contribution in [2.24, 2.45) is 0 Å². The van der Waals surface area contributed by atoms with Gasteiger partial charge in [0.2, 0.25) is 5.91 Å². The minimum Gasteiger partial charge on any atom is -0.378 e. The second-order valence-electron chi connectivity index (χ2n) is 8.30. The van der Waals surface area contributed by atoms with Crippen LogP contribution in [0.1, 0.15) is 11.1 Å². The summed E-state index contributed by atoms with van der Waals surface area (Å²) in [5.41, 5.74) is 3.10. The van der Waals surface area contributed by atoms with E-state index in [0.29, 0.717) is 29.5 Å². The van der Waals surface area contributed by atoms with Gasteiger partial charge in [-0.2, -0.15) is 0 Å². The molecule has 0 saturated carbocycles. The number of nitrogens with one attached hydrogen (secondary N) is 1. The van der Waals surface area contributed by atoms with Gasteiger partial charge >= 0.3 is 0 Å². The normalized spacial score (nSPS) is 13.9. The van der Waals surface area contributed by atoms with Crippen molar-refractivity contribution in [3.8, 4) is 0 Å². The van der Waals surface area contributed by atoms with E-state index in [1.165, 1.54) is 12.1 Å². The van der Waals surface area contributed by atoms with Gasteiger partial charge in [-0.3, -0.25) is 9.10 Å². The molecule has 1 fully saturated rings. The standard InChI is InChI=1S/C26H28ClN3O4S/c1-20-7-10-22(27)17-25(20)30(35(32,33)24-5-3-2-4-6-24)19-26(31)28-18-21-8-11-23(12-9-21)29-13-15-34-16-14-29/h2-12,17H,13-16,18-19H2,1H3,(H,28,31). The molecule has 9 heteroatoms. The lowest BCUT2D eigenvalue weighted by atomic mass is 10.2. The molecule has 35 heavy (non-hydrogen) atoms. The summed E-state index contributed by atoms with van der Waals surface area (Å²) in [7, 11) is -3.99.